The lowest BCUT2D eigenvalue weighted by atomic mass is 10.3. The van der Waals surface area contributed by atoms with Gasteiger partial charge in [0.1, 0.15) is 0 Å². The minimum absolute atomic E-state index is 0.00446. The molecule has 106 valence electrons. The van der Waals surface area contributed by atoms with Crippen molar-refractivity contribution in [3.63, 3.8) is 0 Å². The summed E-state index contributed by atoms with van der Waals surface area (Å²) in [5.74, 6) is 1.43. The zero-order valence-corrected chi connectivity index (χ0v) is 12.3. The quantitative estimate of drug-likeness (QED) is 0.645. The van der Waals surface area contributed by atoms with E-state index in [2.05, 4.69) is 4.72 Å². The van der Waals surface area contributed by atoms with Crippen LogP contribution >= 0.6 is 23.2 Å². The molecule has 1 aromatic carbocycles. The molecule has 0 atom stereocenters. The van der Waals surface area contributed by atoms with Gasteiger partial charge in [-0.25, -0.2) is 8.42 Å². The van der Waals surface area contributed by atoms with Gasteiger partial charge in [0.05, 0.1) is 16.5 Å². The van der Waals surface area contributed by atoms with Crippen LogP contribution in [0.4, 0.5) is 5.69 Å². The summed E-state index contributed by atoms with van der Waals surface area (Å²) >= 11 is 11.5. The number of hydrogen-bond donors (Lipinski definition) is 1. The lowest BCUT2D eigenvalue weighted by Gasteiger charge is -2.10. The maximum absolute atomic E-state index is 11.8. The number of fused-ring (bicyclic) bond motifs is 1. The Hall–Kier alpha value is -0.850. The molecule has 5 nitrogen and oxygen atoms in total. The van der Waals surface area contributed by atoms with E-state index in [4.69, 9.17) is 32.7 Å². The van der Waals surface area contributed by atoms with E-state index >= 15 is 0 Å². The molecular weight excluding hydrogens is 313 g/mol. The van der Waals surface area contributed by atoms with E-state index in [1.807, 2.05) is 0 Å². The lowest BCUT2D eigenvalue weighted by molar-refractivity contribution is 0.174. The van der Waals surface area contributed by atoms with Gasteiger partial charge < -0.3 is 9.47 Å². The van der Waals surface area contributed by atoms with Crippen molar-refractivity contribution in [2.45, 2.75) is 12.8 Å². The summed E-state index contributed by atoms with van der Waals surface area (Å²) in [6.07, 6.45) is 1.15. The van der Waals surface area contributed by atoms with Crippen LogP contribution in [-0.4, -0.2) is 26.8 Å². The molecule has 0 bridgehead atoms. The van der Waals surface area contributed by atoms with Gasteiger partial charge in [0.25, 0.3) is 0 Å². The Balaban J connectivity index is 2.10. The fourth-order valence-electron chi connectivity index (χ4n) is 1.60. The summed E-state index contributed by atoms with van der Waals surface area (Å²) in [6, 6.07) is 3.05. The first kappa shape index (κ1) is 14.6. The number of rotatable bonds is 6. The van der Waals surface area contributed by atoms with E-state index in [9.17, 15) is 8.42 Å². The highest BCUT2D eigenvalue weighted by Gasteiger charge is 2.19. The zero-order valence-electron chi connectivity index (χ0n) is 9.99. The zero-order chi connectivity index (χ0) is 13.9. The predicted molar refractivity (Wildman–Crippen MR) is 74.9 cm³/mol. The summed E-state index contributed by atoms with van der Waals surface area (Å²) in [6.45, 7) is 0.109. The van der Waals surface area contributed by atoms with Crippen LogP contribution in [-0.2, 0) is 10.0 Å². The van der Waals surface area contributed by atoms with E-state index in [0.29, 0.717) is 30.2 Å². The highest BCUT2D eigenvalue weighted by molar-refractivity contribution is 7.92. The molecule has 0 aromatic heterocycles. The monoisotopic (exact) mass is 325 g/mol. The molecule has 0 saturated carbocycles. The molecule has 0 radical (unpaired) electrons. The fourth-order valence-corrected chi connectivity index (χ4v) is 3.24. The van der Waals surface area contributed by atoms with Crippen molar-refractivity contribution in [3.8, 4) is 11.5 Å². The number of anilines is 1. The molecule has 1 aromatic rings. The average Bonchev–Trinajstić information content (AvgIpc) is 2.76. The minimum atomic E-state index is -3.44. The Bertz CT molecular complexity index is 562. The third-order valence-electron chi connectivity index (χ3n) is 2.52. The first-order valence-corrected chi connectivity index (χ1v) is 8.24. The first-order chi connectivity index (χ1) is 9.02. The second-order valence-electron chi connectivity index (χ2n) is 4.00. The molecule has 0 aliphatic carbocycles. The van der Waals surface area contributed by atoms with Crippen LogP contribution in [0.2, 0.25) is 5.02 Å². The van der Waals surface area contributed by atoms with Gasteiger partial charge in [0.2, 0.25) is 16.8 Å². The number of benzene rings is 1. The Kier molecular flexibility index (Phi) is 4.65. The van der Waals surface area contributed by atoms with Crippen molar-refractivity contribution in [1.82, 2.24) is 0 Å². The molecule has 2 rings (SSSR count). The second-order valence-corrected chi connectivity index (χ2v) is 6.63. The number of sulfonamides is 1. The van der Waals surface area contributed by atoms with Gasteiger partial charge in [-0.1, -0.05) is 11.6 Å². The maximum Gasteiger partial charge on any atom is 0.232 e. The van der Waals surface area contributed by atoms with Crippen molar-refractivity contribution in [1.29, 1.82) is 0 Å². The smallest absolute Gasteiger partial charge is 0.232 e. The van der Waals surface area contributed by atoms with Crippen molar-refractivity contribution >= 4 is 38.9 Å². The largest absolute Gasteiger partial charge is 0.454 e. The summed E-state index contributed by atoms with van der Waals surface area (Å²) in [5.41, 5.74) is 0.289. The van der Waals surface area contributed by atoms with Gasteiger partial charge >= 0.3 is 0 Å². The van der Waals surface area contributed by atoms with Gasteiger partial charge in [-0.15, -0.1) is 11.6 Å². The van der Waals surface area contributed by atoms with Crippen LogP contribution < -0.4 is 14.2 Å². The van der Waals surface area contributed by atoms with Gasteiger partial charge in [0, 0.05) is 18.0 Å². The van der Waals surface area contributed by atoms with Gasteiger partial charge in [-0.3, -0.25) is 4.72 Å². The van der Waals surface area contributed by atoms with Crippen molar-refractivity contribution in [2.75, 3.05) is 23.1 Å². The average molecular weight is 326 g/mol. The van der Waals surface area contributed by atoms with Gasteiger partial charge in [-0.05, 0) is 12.8 Å². The third kappa shape index (κ3) is 3.81. The Morgan fingerprint density at radius 2 is 1.89 bits per heavy atom. The van der Waals surface area contributed by atoms with Crippen LogP contribution in [0.15, 0.2) is 12.1 Å². The number of nitrogens with one attached hydrogen (secondary N) is 1. The van der Waals surface area contributed by atoms with E-state index < -0.39 is 10.0 Å². The topological polar surface area (TPSA) is 64.6 Å². The number of halogens is 2. The standard InChI is InChI=1S/C11H13Cl2NO4S/c12-3-1-2-4-19(15,16)14-9-6-11-10(5-8(9)13)17-7-18-11/h5-6,14H,1-4,7H2. The summed E-state index contributed by atoms with van der Waals surface area (Å²) in [4.78, 5) is 0. The first-order valence-electron chi connectivity index (χ1n) is 5.67. The molecule has 1 N–H and O–H groups in total. The minimum Gasteiger partial charge on any atom is -0.454 e. The fraction of sp³-hybridized carbons (Fsp3) is 0.455. The molecule has 0 saturated heterocycles. The molecule has 19 heavy (non-hydrogen) atoms. The number of ether oxygens (including phenoxy) is 2. The van der Waals surface area contributed by atoms with Crippen LogP contribution in [0.3, 0.4) is 0 Å². The van der Waals surface area contributed by atoms with Crippen molar-refractivity contribution in [2.24, 2.45) is 0 Å². The Morgan fingerprint density at radius 3 is 2.58 bits per heavy atom. The molecule has 8 heteroatoms. The number of alkyl halides is 1. The van der Waals surface area contributed by atoms with E-state index in [0.717, 1.165) is 0 Å². The number of unbranched alkanes of at least 4 members (excludes halogenated alkanes) is 1. The third-order valence-corrected chi connectivity index (χ3v) is 4.46. The molecule has 1 aliphatic rings. The highest BCUT2D eigenvalue weighted by Crippen LogP contribution is 2.39. The molecule has 0 unspecified atom stereocenters. The normalized spacial score (nSPS) is 13.6. The molecule has 1 heterocycles. The van der Waals surface area contributed by atoms with Gasteiger partial charge in [0.15, 0.2) is 11.5 Å². The SMILES string of the molecule is O=S(=O)(CCCCCl)Nc1cc2c(cc1Cl)OCO2. The van der Waals surface area contributed by atoms with E-state index in [1.165, 1.54) is 12.1 Å². The second kappa shape index (κ2) is 6.07. The number of hydrogen-bond acceptors (Lipinski definition) is 4. The van der Waals surface area contributed by atoms with E-state index in [1.54, 1.807) is 0 Å². The van der Waals surface area contributed by atoms with Gasteiger partial charge in [-0.2, -0.15) is 0 Å². The molecular formula is C11H13Cl2NO4S. The van der Waals surface area contributed by atoms with Crippen molar-refractivity contribution < 1.29 is 17.9 Å². The van der Waals surface area contributed by atoms with Crippen LogP contribution in [0.1, 0.15) is 12.8 Å². The highest BCUT2D eigenvalue weighted by atomic mass is 35.5. The molecule has 0 fully saturated rings. The maximum atomic E-state index is 11.8. The summed E-state index contributed by atoms with van der Waals surface area (Å²) in [5, 5.41) is 0.269. The summed E-state index contributed by atoms with van der Waals surface area (Å²) in [7, 11) is -3.44. The van der Waals surface area contributed by atoms with Crippen LogP contribution in [0.25, 0.3) is 0 Å². The molecule has 0 spiro atoms. The predicted octanol–water partition coefficient (Wildman–Crippen LogP) is 2.83. The Labute approximate surface area is 121 Å². The summed E-state index contributed by atoms with van der Waals surface area (Å²) < 4.78 is 36.4. The molecule has 0 amide bonds. The van der Waals surface area contributed by atoms with Crippen molar-refractivity contribution in [3.05, 3.63) is 17.2 Å². The van der Waals surface area contributed by atoms with E-state index in [-0.39, 0.29) is 23.3 Å². The Morgan fingerprint density at radius 1 is 1.21 bits per heavy atom. The molecule has 1 aliphatic heterocycles. The van der Waals surface area contributed by atoms with Crippen LogP contribution in [0, 0.1) is 0 Å². The lowest BCUT2D eigenvalue weighted by Crippen LogP contribution is -2.17. The van der Waals surface area contributed by atoms with Crippen LogP contribution in [0.5, 0.6) is 11.5 Å².